The minimum Gasteiger partial charge on any atom is -0.380 e. The molecule has 1 heterocycles. The largest absolute Gasteiger partial charge is 0.380 e. The number of fused-ring (bicyclic) bond motifs is 1. The van der Waals surface area contributed by atoms with Gasteiger partial charge in [0.1, 0.15) is 0 Å². The number of ketones is 1. The minimum absolute atomic E-state index is 0.0986. The van der Waals surface area contributed by atoms with Crippen molar-refractivity contribution in [3.05, 3.63) is 29.3 Å². The van der Waals surface area contributed by atoms with Crippen molar-refractivity contribution in [2.75, 3.05) is 18.6 Å². The summed E-state index contributed by atoms with van der Waals surface area (Å²) >= 11 is 0. The Labute approximate surface area is 107 Å². The number of nitrogens with zero attached hydrogens (tertiary/aromatic N) is 1. The smallest absolute Gasteiger partial charge is 0.299 e. The molecule has 1 unspecified atom stereocenters. The predicted molar refractivity (Wildman–Crippen MR) is 69.0 cm³/mol. The molecule has 0 fully saturated rings. The maximum absolute atomic E-state index is 11.9. The van der Waals surface area contributed by atoms with Gasteiger partial charge >= 0.3 is 0 Å². The summed E-state index contributed by atoms with van der Waals surface area (Å²) in [5, 5.41) is 0. The number of rotatable bonds is 4. The van der Waals surface area contributed by atoms with Crippen molar-refractivity contribution in [2.45, 2.75) is 26.4 Å². The molecule has 0 aromatic heterocycles. The Kier molecular flexibility index (Phi) is 3.48. The minimum atomic E-state index is -0.456. The van der Waals surface area contributed by atoms with Crippen LogP contribution in [0.2, 0.25) is 0 Å². The van der Waals surface area contributed by atoms with Crippen LogP contribution >= 0.6 is 0 Å². The van der Waals surface area contributed by atoms with Crippen LogP contribution in [0.1, 0.15) is 29.8 Å². The number of carbonyl (C=O) groups excluding carboxylic acids is 2. The van der Waals surface area contributed by atoms with E-state index in [4.69, 9.17) is 4.74 Å². The molecule has 96 valence electrons. The van der Waals surface area contributed by atoms with Crippen LogP contribution in [-0.2, 0) is 16.0 Å². The molecule has 1 aromatic rings. The molecule has 0 saturated carbocycles. The standard InChI is InChI=1S/C14H17NO3/c1-4-10-5-6-12-11(7-10)13(16)14(17)15(12)8-9(2)18-3/h5-7,9H,4,8H2,1-3H3. The average Bonchev–Trinajstić information content (AvgIpc) is 2.63. The molecule has 1 atom stereocenters. The molecule has 0 bridgehead atoms. The highest BCUT2D eigenvalue weighted by atomic mass is 16.5. The van der Waals surface area contributed by atoms with E-state index in [1.165, 1.54) is 4.90 Å². The average molecular weight is 247 g/mol. The summed E-state index contributed by atoms with van der Waals surface area (Å²) < 4.78 is 5.15. The first-order valence-corrected chi connectivity index (χ1v) is 6.10. The third kappa shape index (κ3) is 2.04. The van der Waals surface area contributed by atoms with E-state index in [0.29, 0.717) is 17.8 Å². The molecule has 0 spiro atoms. The van der Waals surface area contributed by atoms with Crippen LogP contribution in [0.4, 0.5) is 5.69 Å². The number of Topliss-reactive ketones (excluding diaryl/α,β-unsaturated/α-hetero) is 1. The number of hydrogen-bond donors (Lipinski definition) is 0. The maximum Gasteiger partial charge on any atom is 0.299 e. The van der Waals surface area contributed by atoms with Crippen molar-refractivity contribution in [1.82, 2.24) is 0 Å². The van der Waals surface area contributed by atoms with Crippen LogP contribution in [0.3, 0.4) is 0 Å². The van der Waals surface area contributed by atoms with E-state index >= 15 is 0 Å². The number of hydrogen-bond acceptors (Lipinski definition) is 3. The summed E-state index contributed by atoms with van der Waals surface area (Å²) in [5.74, 6) is -0.870. The zero-order chi connectivity index (χ0) is 13.3. The van der Waals surface area contributed by atoms with Gasteiger partial charge < -0.3 is 9.64 Å². The van der Waals surface area contributed by atoms with E-state index in [9.17, 15) is 9.59 Å². The highest BCUT2D eigenvalue weighted by Gasteiger charge is 2.36. The summed E-state index contributed by atoms with van der Waals surface area (Å²) in [6.45, 7) is 4.30. The molecule has 0 radical (unpaired) electrons. The Bertz CT molecular complexity index is 496. The molecule has 4 nitrogen and oxygen atoms in total. The van der Waals surface area contributed by atoms with Crippen LogP contribution < -0.4 is 4.90 Å². The van der Waals surface area contributed by atoms with Gasteiger partial charge in [0.2, 0.25) is 0 Å². The Morgan fingerprint density at radius 2 is 2.06 bits per heavy atom. The monoisotopic (exact) mass is 247 g/mol. The van der Waals surface area contributed by atoms with Gasteiger partial charge in [-0.2, -0.15) is 0 Å². The highest BCUT2D eigenvalue weighted by Crippen LogP contribution is 2.30. The lowest BCUT2D eigenvalue weighted by Crippen LogP contribution is -2.36. The Hall–Kier alpha value is -1.68. The van der Waals surface area contributed by atoms with E-state index in [1.807, 2.05) is 32.0 Å². The second-order valence-corrected chi connectivity index (χ2v) is 4.50. The predicted octanol–water partition coefficient (Wildman–Crippen LogP) is 1.81. The molecule has 1 aromatic carbocycles. The van der Waals surface area contributed by atoms with Crippen molar-refractivity contribution in [1.29, 1.82) is 0 Å². The third-order valence-corrected chi connectivity index (χ3v) is 3.29. The number of amides is 1. The van der Waals surface area contributed by atoms with Gasteiger partial charge in [-0.3, -0.25) is 9.59 Å². The van der Waals surface area contributed by atoms with Gasteiger partial charge in [0, 0.05) is 7.11 Å². The van der Waals surface area contributed by atoms with Crippen LogP contribution in [0.25, 0.3) is 0 Å². The SMILES string of the molecule is CCc1ccc2c(c1)C(=O)C(=O)N2CC(C)OC. The molecular formula is C14H17NO3. The Morgan fingerprint density at radius 1 is 1.33 bits per heavy atom. The van der Waals surface area contributed by atoms with Crippen molar-refractivity contribution >= 4 is 17.4 Å². The second-order valence-electron chi connectivity index (χ2n) is 4.50. The fraction of sp³-hybridized carbons (Fsp3) is 0.429. The normalized spacial score (nSPS) is 16.1. The van der Waals surface area contributed by atoms with Gasteiger partial charge in [0.25, 0.3) is 11.7 Å². The number of ether oxygens (including phenoxy) is 1. The quantitative estimate of drug-likeness (QED) is 0.762. The number of anilines is 1. The lowest BCUT2D eigenvalue weighted by atomic mass is 10.1. The van der Waals surface area contributed by atoms with Crippen molar-refractivity contribution in [3.8, 4) is 0 Å². The van der Waals surface area contributed by atoms with E-state index in [0.717, 1.165) is 12.0 Å². The lowest BCUT2D eigenvalue weighted by molar-refractivity contribution is -0.114. The zero-order valence-corrected chi connectivity index (χ0v) is 10.9. The van der Waals surface area contributed by atoms with Crippen LogP contribution in [0.5, 0.6) is 0 Å². The van der Waals surface area contributed by atoms with Gasteiger partial charge in [-0.15, -0.1) is 0 Å². The molecule has 0 saturated heterocycles. The fourth-order valence-electron chi connectivity index (χ4n) is 2.08. The topological polar surface area (TPSA) is 46.6 Å². The summed E-state index contributed by atoms with van der Waals surface area (Å²) in [4.78, 5) is 25.4. The molecular weight excluding hydrogens is 230 g/mol. The van der Waals surface area contributed by atoms with Crippen molar-refractivity contribution in [3.63, 3.8) is 0 Å². The van der Waals surface area contributed by atoms with E-state index in [-0.39, 0.29) is 6.10 Å². The summed E-state index contributed by atoms with van der Waals surface area (Å²) in [6, 6.07) is 5.61. The summed E-state index contributed by atoms with van der Waals surface area (Å²) in [7, 11) is 1.59. The number of methoxy groups -OCH3 is 1. The molecule has 1 amide bonds. The summed E-state index contributed by atoms with van der Waals surface area (Å²) in [6.07, 6.45) is 0.752. The molecule has 0 N–H and O–H groups in total. The van der Waals surface area contributed by atoms with Crippen molar-refractivity contribution in [2.24, 2.45) is 0 Å². The second kappa shape index (κ2) is 4.90. The number of aryl methyl sites for hydroxylation is 1. The first kappa shape index (κ1) is 12.8. The van der Waals surface area contributed by atoms with E-state index in [1.54, 1.807) is 7.11 Å². The van der Waals surface area contributed by atoms with E-state index in [2.05, 4.69) is 0 Å². The lowest BCUT2D eigenvalue weighted by Gasteiger charge is -2.20. The number of benzene rings is 1. The first-order valence-electron chi connectivity index (χ1n) is 6.10. The molecule has 1 aliphatic heterocycles. The molecule has 1 aliphatic rings. The van der Waals surface area contributed by atoms with Gasteiger partial charge in [0.15, 0.2) is 0 Å². The highest BCUT2D eigenvalue weighted by molar-refractivity contribution is 6.52. The third-order valence-electron chi connectivity index (χ3n) is 3.29. The van der Waals surface area contributed by atoms with Gasteiger partial charge in [-0.1, -0.05) is 13.0 Å². The van der Waals surface area contributed by atoms with Crippen LogP contribution in [0, 0.1) is 0 Å². The summed E-state index contributed by atoms with van der Waals surface area (Å²) in [5.41, 5.74) is 2.28. The van der Waals surface area contributed by atoms with Crippen LogP contribution in [0.15, 0.2) is 18.2 Å². The van der Waals surface area contributed by atoms with Gasteiger partial charge in [0.05, 0.1) is 23.9 Å². The molecule has 0 aliphatic carbocycles. The Morgan fingerprint density at radius 3 is 2.67 bits per heavy atom. The van der Waals surface area contributed by atoms with Gasteiger partial charge in [-0.05, 0) is 31.0 Å². The van der Waals surface area contributed by atoms with E-state index < -0.39 is 11.7 Å². The fourth-order valence-corrected chi connectivity index (χ4v) is 2.08. The maximum atomic E-state index is 11.9. The zero-order valence-electron chi connectivity index (χ0n) is 10.9. The first-order chi connectivity index (χ1) is 8.58. The van der Waals surface area contributed by atoms with Gasteiger partial charge in [-0.25, -0.2) is 0 Å². The van der Waals surface area contributed by atoms with Crippen molar-refractivity contribution < 1.29 is 14.3 Å². The Balaban J connectivity index is 2.37. The van der Waals surface area contributed by atoms with Crippen LogP contribution in [-0.4, -0.2) is 31.4 Å². The molecule has 4 heteroatoms. The molecule has 18 heavy (non-hydrogen) atoms. The number of carbonyl (C=O) groups is 2. The molecule has 2 rings (SSSR count).